The zero-order valence-corrected chi connectivity index (χ0v) is 10.3. The number of rotatable bonds is 4. The Morgan fingerprint density at radius 3 is 2.78 bits per heavy atom. The van der Waals surface area contributed by atoms with Crippen LogP contribution in [0.25, 0.3) is 11.0 Å². The molecule has 0 saturated heterocycles. The maximum Gasteiger partial charge on any atom is 0.134 e. The van der Waals surface area contributed by atoms with Gasteiger partial charge in [0, 0.05) is 17.5 Å². The SMILES string of the molecule is Cc1oc2ccccc2c1CNCc1ccco1. The second-order valence-corrected chi connectivity index (χ2v) is 4.32. The molecule has 0 fully saturated rings. The summed E-state index contributed by atoms with van der Waals surface area (Å²) in [5, 5.41) is 4.55. The molecule has 0 atom stereocenters. The van der Waals surface area contributed by atoms with E-state index >= 15 is 0 Å². The Labute approximate surface area is 105 Å². The number of para-hydroxylation sites is 1. The van der Waals surface area contributed by atoms with Crippen molar-refractivity contribution in [2.75, 3.05) is 0 Å². The lowest BCUT2D eigenvalue weighted by molar-refractivity contribution is 0.481. The van der Waals surface area contributed by atoms with Crippen LogP contribution in [0.3, 0.4) is 0 Å². The summed E-state index contributed by atoms with van der Waals surface area (Å²) >= 11 is 0. The Kier molecular flexibility index (Phi) is 2.90. The molecule has 2 aromatic heterocycles. The second-order valence-electron chi connectivity index (χ2n) is 4.32. The molecule has 3 heteroatoms. The Bertz CT molecular complexity index is 638. The van der Waals surface area contributed by atoms with Gasteiger partial charge in [0.05, 0.1) is 12.8 Å². The number of aryl methyl sites for hydroxylation is 1. The van der Waals surface area contributed by atoms with Gasteiger partial charge in [-0.3, -0.25) is 0 Å². The van der Waals surface area contributed by atoms with Gasteiger partial charge in [0.2, 0.25) is 0 Å². The lowest BCUT2D eigenvalue weighted by Crippen LogP contribution is -2.12. The van der Waals surface area contributed by atoms with Crippen LogP contribution in [0.2, 0.25) is 0 Å². The Morgan fingerprint density at radius 2 is 1.94 bits per heavy atom. The largest absolute Gasteiger partial charge is 0.468 e. The maximum absolute atomic E-state index is 5.72. The van der Waals surface area contributed by atoms with Crippen LogP contribution in [-0.2, 0) is 13.1 Å². The van der Waals surface area contributed by atoms with E-state index in [4.69, 9.17) is 8.83 Å². The second kappa shape index (κ2) is 4.70. The highest BCUT2D eigenvalue weighted by Crippen LogP contribution is 2.24. The van der Waals surface area contributed by atoms with Crippen LogP contribution < -0.4 is 5.32 Å². The third-order valence-corrected chi connectivity index (χ3v) is 3.08. The van der Waals surface area contributed by atoms with Crippen molar-refractivity contribution in [3.63, 3.8) is 0 Å². The number of fused-ring (bicyclic) bond motifs is 1. The van der Waals surface area contributed by atoms with Gasteiger partial charge in [-0.25, -0.2) is 0 Å². The minimum absolute atomic E-state index is 0.728. The highest BCUT2D eigenvalue weighted by molar-refractivity contribution is 5.82. The molecule has 92 valence electrons. The minimum atomic E-state index is 0.728. The molecule has 0 amide bonds. The predicted octanol–water partition coefficient (Wildman–Crippen LogP) is 3.62. The van der Waals surface area contributed by atoms with Gasteiger partial charge in [-0.15, -0.1) is 0 Å². The highest BCUT2D eigenvalue weighted by atomic mass is 16.3. The van der Waals surface area contributed by atoms with E-state index in [-0.39, 0.29) is 0 Å². The summed E-state index contributed by atoms with van der Waals surface area (Å²) in [4.78, 5) is 0. The van der Waals surface area contributed by atoms with Gasteiger partial charge in [0.15, 0.2) is 0 Å². The molecule has 0 saturated carbocycles. The Morgan fingerprint density at radius 1 is 1.06 bits per heavy atom. The summed E-state index contributed by atoms with van der Waals surface area (Å²) in [6.07, 6.45) is 1.69. The zero-order valence-electron chi connectivity index (χ0n) is 10.3. The van der Waals surface area contributed by atoms with Crippen molar-refractivity contribution in [2.45, 2.75) is 20.0 Å². The van der Waals surface area contributed by atoms with Gasteiger partial charge >= 0.3 is 0 Å². The molecule has 0 aliphatic rings. The number of nitrogens with one attached hydrogen (secondary N) is 1. The van der Waals surface area contributed by atoms with Crippen LogP contribution in [0.15, 0.2) is 51.5 Å². The Balaban J connectivity index is 1.76. The molecule has 0 unspecified atom stereocenters. The highest BCUT2D eigenvalue weighted by Gasteiger charge is 2.09. The first-order valence-electron chi connectivity index (χ1n) is 6.04. The van der Waals surface area contributed by atoms with Crippen molar-refractivity contribution in [3.05, 3.63) is 59.7 Å². The van der Waals surface area contributed by atoms with E-state index < -0.39 is 0 Å². The standard InChI is InChI=1S/C15H15NO2/c1-11-14(10-16-9-12-5-4-8-17-12)13-6-2-3-7-15(13)18-11/h2-8,16H,9-10H2,1H3. The van der Waals surface area contributed by atoms with Gasteiger partial charge in [0.1, 0.15) is 17.1 Å². The number of benzene rings is 1. The van der Waals surface area contributed by atoms with E-state index in [1.165, 1.54) is 10.9 Å². The molecule has 3 aromatic rings. The first kappa shape index (κ1) is 11.1. The van der Waals surface area contributed by atoms with Gasteiger partial charge in [-0.05, 0) is 25.1 Å². The van der Waals surface area contributed by atoms with E-state index in [0.717, 1.165) is 30.2 Å². The average Bonchev–Trinajstić information content (AvgIpc) is 2.98. The van der Waals surface area contributed by atoms with E-state index in [0.29, 0.717) is 0 Å². The first-order chi connectivity index (χ1) is 8.84. The molecule has 0 aliphatic heterocycles. The lowest BCUT2D eigenvalue weighted by Gasteiger charge is -2.02. The third kappa shape index (κ3) is 2.05. The fourth-order valence-corrected chi connectivity index (χ4v) is 2.16. The summed E-state index contributed by atoms with van der Waals surface area (Å²) in [6.45, 7) is 3.51. The maximum atomic E-state index is 5.72. The molecular weight excluding hydrogens is 226 g/mol. The van der Waals surface area contributed by atoms with Gasteiger partial charge < -0.3 is 14.2 Å². The molecule has 2 heterocycles. The molecule has 3 rings (SSSR count). The fraction of sp³-hybridized carbons (Fsp3) is 0.200. The van der Waals surface area contributed by atoms with Crippen molar-refractivity contribution in [1.82, 2.24) is 5.32 Å². The molecule has 1 aromatic carbocycles. The monoisotopic (exact) mass is 241 g/mol. The van der Waals surface area contributed by atoms with Crippen molar-refractivity contribution >= 4 is 11.0 Å². The topological polar surface area (TPSA) is 38.3 Å². The number of furan rings is 2. The smallest absolute Gasteiger partial charge is 0.134 e. The van der Waals surface area contributed by atoms with Crippen molar-refractivity contribution in [2.24, 2.45) is 0 Å². The minimum Gasteiger partial charge on any atom is -0.468 e. The summed E-state index contributed by atoms with van der Waals surface area (Å²) in [5.41, 5.74) is 2.17. The van der Waals surface area contributed by atoms with E-state index in [1.807, 2.05) is 37.3 Å². The Hall–Kier alpha value is -2.00. The predicted molar refractivity (Wildman–Crippen MR) is 70.2 cm³/mol. The molecule has 0 aliphatic carbocycles. The summed E-state index contributed by atoms with van der Waals surface area (Å²) in [6, 6.07) is 12.0. The molecule has 0 radical (unpaired) electrons. The molecular formula is C15H15NO2. The molecule has 1 N–H and O–H groups in total. The van der Waals surface area contributed by atoms with E-state index in [9.17, 15) is 0 Å². The van der Waals surface area contributed by atoms with Crippen LogP contribution in [0.1, 0.15) is 17.1 Å². The van der Waals surface area contributed by atoms with Gasteiger partial charge in [-0.2, -0.15) is 0 Å². The van der Waals surface area contributed by atoms with Crippen LogP contribution >= 0.6 is 0 Å². The van der Waals surface area contributed by atoms with Gasteiger partial charge in [-0.1, -0.05) is 18.2 Å². The van der Waals surface area contributed by atoms with Crippen LogP contribution in [-0.4, -0.2) is 0 Å². The third-order valence-electron chi connectivity index (χ3n) is 3.08. The summed E-state index contributed by atoms with van der Waals surface area (Å²) < 4.78 is 11.0. The fourth-order valence-electron chi connectivity index (χ4n) is 2.16. The normalized spacial score (nSPS) is 11.2. The molecule has 18 heavy (non-hydrogen) atoms. The molecule has 0 bridgehead atoms. The van der Waals surface area contributed by atoms with Crippen molar-refractivity contribution in [3.8, 4) is 0 Å². The summed E-state index contributed by atoms with van der Waals surface area (Å²) in [5.74, 6) is 1.92. The first-order valence-corrected chi connectivity index (χ1v) is 6.04. The number of hydrogen-bond donors (Lipinski definition) is 1. The quantitative estimate of drug-likeness (QED) is 0.758. The van der Waals surface area contributed by atoms with Gasteiger partial charge in [0.25, 0.3) is 0 Å². The lowest BCUT2D eigenvalue weighted by atomic mass is 10.1. The van der Waals surface area contributed by atoms with Crippen LogP contribution in [0.5, 0.6) is 0 Å². The molecule has 0 spiro atoms. The average molecular weight is 241 g/mol. The zero-order chi connectivity index (χ0) is 12.4. The van der Waals surface area contributed by atoms with Crippen LogP contribution in [0.4, 0.5) is 0 Å². The van der Waals surface area contributed by atoms with Crippen molar-refractivity contribution in [1.29, 1.82) is 0 Å². The van der Waals surface area contributed by atoms with E-state index in [1.54, 1.807) is 6.26 Å². The number of hydrogen-bond acceptors (Lipinski definition) is 3. The molecule has 3 nitrogen and oxygen atoms in total. The van der Waals surface area contributed by atoms with Crippen LogP contribution in [0, 0.1) is 6.92 Å². The van der Waals surface area contributed by atoms with E-state index in [2.05, 4.69) is 11.4 Å². The summed E-state index contributed by atoms with van der Waals surface area (Å²) in [7, 11) is 0. The van der Waals surface area contributed by atoms with Crippen molar-refractivity contribution < 1.29 is 8.83 Å².